The molecule has 3 rings (SSSR count). The maximum atomic E-state index is 4.65. The Hall–Kier alpha value is -0.780. The van der Waals surface area contributed by atoms with E-state index in [-0.39, 0.29) is 24.0 Å². The summed E-state index contributed by atoms with van der Waals surface area (Å²) >= 11 is 0. The Bertz CT molecular complexity index is 440. The molecule has 3 nitrogen and oxygen atoms in total. The Balaban J connectivity index is 0.00000147. The number of hydrogen-bond acceptors (Lipinski definition) is 1. The van der Waals surface area contributed by atoms with Crippen LogP contribution in [0.4, 0.5) is 0 Å². The van der Waals surface area contributed by atoms with Crippen LogP contribution in [0.1, 0.15) is 37.7 Å². The van der Waals surface area contributed by atoms with Gasteiger partial charge in [0.1, 0.15) is 0 Å². The first-order chi connectivity index (χ1) is 9.38. The van der Waals surface area contributed by atoms with E-state index in [2.05, 4.69) is 52.5 Å². The van der Waals surface area contributed by atoms with Crippen molar-refractivity contribution in [2.24, 2.45) is 4.99 Å². The maximum Gasteiger partial charge on any atom is 0.194 e. The lowest BCUT2D eigenvalue weighted by atomic mass is 10.1. The number of guanidine groups is 1. The maximum absolute atomic E-state index is 4.65. The first-order valence-corrected chi connectivity index (χ1v) is 7.49. The van der Waals surface area contributed by atoms with Crippen LogP contribution in [0, 0.1) is 0 Å². The quantitative estimate of drug-likeness (QED) is 0.492. The van der Waals surface area contributed by atoms with Gasteiger partial charge in [0.05, 0.1) is 0 Å². The second kappa shape index (κ2) is 7.29. The highest BCUT2D eigenvalue weighted by atomic mass is 127. The number of benzene rings is 1. The van der Waals surface area contributed by atoms with Crippen LogP contribution in [0.2, 0.25) is 0 Å². The summed E-state index contributed by atoms with van der Waals surface area (Å²) in [5.41, 5.74) is 1.46. The number of nitrogens with one attached hydrogen (secondary N) is 1. The van der Waals surface area contributed by atoms with Crippen molar-refractivity contribution >= 4 is 29.9 Å². The first-order valence-electron chi connectivity index (χ1n) is 7.49. The molecule has 0 radical (unpaired) electrons. The summed E-state index contributed by atoms with van der Waals surface area (Å²) in [5, 5.41) is 3.66. The molecule has 1 aromatic carbocycles. The van der Waals surface area contributed by atoms with Crippen LogP contribution < -0.4 is 5.32 Å². The number of hydrogen-bond donors (Lipinski definition) is 1. The van der Waals surface area contributed by atoms with Crippen molar-refractivity contribution in [2.45, 2.75) is 38.1 Å². The molecule has 2 atom stereocenters. The largest absolute Gasteiger partial charge is 0.353 e. The molecule has 2 aliphatic rings. The zero-order valence-corrected chi connectivity index (χ0v) is 14.4. The Morgan fingerprint density at radius 1 is 1.25 bits per heavy atom. The van der Waals surface area contributed by atoms with Gasteiger partial charge in [0.25, 0.3) is 0 Å². The number of likely N-dealkylation sites (tertiary alicyclic amines) is 1. The summed E-state index contributed by atoms with van der Waals surface area (Å²) in [6.45, 7) is 5.30. The minimum Gasteiger partial charge on any atom is -0.353 e. The molecular weight excluding hydrogens is 361 g/mol. The van der Waals surface area contributed by atoms with Crippen LogP contribution in [0.25, 0.3) is 0 Å². The van der Waals surface area contributed by atoms with Gasteiger partial charge in [-0.15, -0.1) is 24.0 Å². The molecule has 0 amide bonds. The van der Waals surface area contributed by atoms with Gasteiger partial charge in [-0.2, -0.15) is 0 Å². The van der Waals surface area contributed by atoms with E-state index in [9.17, 15) is 0 Å². The molecule has 20 heavy (non-hydrogen) atoms. The van der Waals surface area contributed by atoms with Gasteiger partial charge in [0.2, 0.25) is 0 Å². The summed E-state index contributed by atoms with van der Waals surface area (Å²) in [6.07, 6.45) is 3.84. The van der Waals surface area contributed by atoms with Crippen molar-refractivity contribution in [1.82, 2.24) is 10.2 Å². The second-order valence-electron chi connectivity index (χ2n) is 5.50. The molecular formula is C16H24IN3. The monoisotopic (exact) mass is 385 g/mol. The van der Waals surface area contributed by atoms with E-state index < -0.39 is 0 Å². The average molecular weight is 385 g/mol. The predicted octanol–water partition coefficient (Wildman–Crippen LogP) is 3.22. The number of nitrogens with zero attached hydrogens (tertiary/aromatic N) is 2. The minimum atomic E-state index is 0. The fourth-order valence-electron chi connectivity index (χ4n) is 2.90. The third-order valence-electron chi connectivity index (χ3n) is 4.05. The SMILES string of the molecule is CCN=C(NC1CC1c1ccccc1)N1CCCC1.I. The Labute approximate surface area is 138 Å². The van der Waals surface area contributed by atoms with E-state index in [1.54, 1.807) is 0 Å². The molecule has 110 valence electrons. The standard InChI is InChI=1S/C16H23N3.HI/c1-2-17-16(19-10-6-7-11-19)18-15-12-14(15)13-8-4-3-5-9-13;/h3-5,8-9,14-15H,2,6-7,10-12H2,1H3,(H,17,18);1H. The highest BCUT2D eigenvalue weighted by Gasteiger charge is 2.39. The van der Waals surface area contributed by atoms with Crippen molar-refractivity contribution in [3.8, 4) is 0 Å². The summed E-state index contributed by atoms with van der Waals surface area (Å²) < 4.78 is 0. The fraction of sp³-hybridized carbons (Fsp3) is 0.562. The van der Waals surface area contributed by atoms with Crippen molar-refractivity contribution in [1.29, 1.82) is 0 Å². The molecule has 2 unspecified atom stereocenters. The Morgan fingerprint density at radius 2 is 1.95 bits per heavy atom. The molecule has 0 aromatic heterocycles. The summed E-state index contributed by atoms with van der Waals surface area (Å²) in [5.74, 6) is 1.80. The zero-order valence-electron chi connectivity index (χ0n) is 12.1. The van der Waals surface area contributed by atoms with Gasteiger partial charge >= 0.3 is 0 Å². The summed E-state index contributed by atoms with van der Waals surface area (Å²) in [6, 6.07) is 11.4. The van der Waals surface area contributed by atoms with Gasteiger partial charge < -0.3 is 10.2 Å². The lowest BCUT2D eigenvalue weighted by molar-refractivity contribution is 0.490. The average Bonchev–Trinajstić information content (AvgIpc) is 3.00. The van der Waals surface area contributed by atoms with Crippen LogP contribution in [-0.4, -0.2) is 36.5 Å². The Morgan fingerprint density at radius 3 is 2.60 bits per heavy atom. The lowest BCUT2D eigenvalue weighted by Gasteiger charge is -2.21. The van der Waals surface area contributed by atoms with Crippen LogP contribution in [0.3, 0.4) is 0 Å². The Kier molecular flexibility index (Phi) is 5.69. The summed E-state index contributed by atoms with van der Waals surface area (Å²) in [4.78, 5) is 7.05. The predicted molar refractivity (Wildman–Crippen MR) is 94.9 cm³/mol. The van der Waals surface area contributed by atoms with E-state index >= 15 is 0 Å². The van der Waals surface area contributed by atoms with Crippen molar-refractivity contribution < 1.29 is 0 Å². The van der Waals surface area contributed by atoms with Crippen LogP contribution in [-0.2, 0) is 0 Å². The summed E-state index contributed by atoms with van der Waals surface area (Å²) in [7, 11) is 0. The highest BCUT2D eigenvalue weighted by Crippen LogP contribution is 2.40. The highest BCUT2D eigenvalue weighted by molar-refractivity contribution is 14.0. The topological polar surface area (TPSA) is 27.6 Å². The molecule has 2 fully saturated rings. The van der Waals surface area contributed by atoms with Gasteiger partial charge in [-0.25, -0.2) is 0 Å². The van der Waals surface area contributed by atoms with E-state index in [1.165, 1.54) is 24.8 Å². The normalized spacial score (nSPS) is 25.2. The third kappa shape index (κ3) is 3.65. The molecule has 1 N–H and O–H groups in total. The molecule has 1 saturated heterocycles. The fourth-order valence-corrected chi connectivity index (χ4v) is 2.90. The van der Waals surface area contributed by atoms with Gasteiger partial charge in [-0.3, -0.25) is 4.99 Å². The molecule has 1 saturated carbocycles. The molecule has 1 aliphatic heterocycles. The number of aliphatic imine (C=N–C) groups is 1. The van der Waals surface area contributed by atoms with Crippen molar-refractivity contribution in [2.75, 3.05) is 19.6 Å². The molecule has 0 spiro atoms. The smallest absolute Gasteiger partial charge is 0.194 e. The van der Waals surface area contributed by atoms with Crippen LogP contribution in [0.5, 0.6) is 0 Å². The number of halogens is 1. The van der Waals surface area contributed by atoms with Crippen molar-refractivity contribution in [3.05, 3.63) is 35.9 Å². The lowest BCUT2D eigenvalue weighted by Crippen LogP contribution is -2.41. The molecule has 1 aromatic rings. The van der Waals surface area contributed by atoms with E-state index in [1.807, 2.05) is 0 Å². The minimum absolute atomic E-state index is 0. The van der Waals surface area contributed by atoms with E-state index in [0.29, 0.717) is 12.0 Å². The molecule has 4 heteroatoms. The molecule has 0 bridgehead atoms. The van der Waals surface area contributed by atoms with Gasteiger partial charge in [-0.1, -0.05) is 30.3 Å². The second-order valence-corrected chi connectivity index (χ2v) is 5.50. The third-order valence-corrected chi connectivity index (χ3v) is 4.05. The molecule has 1 aliphatic carbocycles. The van der Waals surface area contributed by atoms with E-state index in [4.69, 9.17) is 0 Å². The van der Waals surface area contributed by atoms with Gasteiger partial charge in [0.15, 0.2) is 5.96 Å². The van der Waals surface area contributed by atoms with Gasteiger partial charge in [0, 0.05) is 31.6 Å². The van der Waals surface area contributed by atoms with Gasteiger partial charge in [-0.05, 0) is 31.7 Å². The zero-order chi connectivity index (χ0) is 13.1. The van der Waals surface area contributed by atoms with Crippen molar-refractivity contribution in [3.63, 3.8) is 0 Å². The number of rotatable bonds is 3. The van der Waals surface area contributed by atoms with Crippen LogP contribution >= 0.6 is 24.0 Å². The van der Waals surface area contributed by atoms with E-state index in [0.717, 1.165) is 25.6 Å². The first kappa shape index (κ1) is 15.6. The van der Waals surface area contributed by atoms with Crippen LogP contribution in [0.15, 0.2) is 35.3 Å². The molecule has 1 heterocycles.